The van der Waals surface area contributed by atoms with E-state index in [1.807, 2.05) is 0 Å². The van der Waals surface area contributed by atoms with Crippen LogP contribution in [0, 0.1) is 0 Å². The van der Waals surface area contributed by atoms with Crippen molar-refractivity contribution in [2.24, 2.45) is 0 Å². The molecule has 0 saturated heterocycles. The van der Waals surface area contributed by atoms with E-state index in [-0.39, 0.29) is 25.2 Å². The van der Waals surface area contributed by atoms with E-state index in [0.29, 0.717) is 19.4 Å². The third-order valence-electron chi connectivity index (χ3n) is 13.1. The first-order valence-corrected chi connectivity index (χ1v) is 29.5. The van der Waals surface area contributed by atoms with Gasteiger partial charge >= 0.3 is 11.9 Å². The van der Waals surface area contributed by atoms with Gasteiger partial charge < -0.3 is 14.2 Å². The summed E-state index contributed by atoms with van der Waals surface area (Å²) in [6.45, 7) is 7.81. The standard InChI is InChI=1S/C61H114O5/c1-4-7-10-13-16-19-22-25-27-29-30-31-33-35-38-41-44-47-50-53-56-64-57-59(66-61(63)55-52-49-46-43-40-36-24-21-18-15-12-9-6-3)58-65-60(62)54-51-48-45-42-39-37-34-32-28-26-23-20-17-14-11-8-5-2/h12,15,21,24,26,28,59H,4-11,13-14,16-20,22-23,25,27,29-58H2,1-3H3/b15-12-,24-21-,28-26-. The van der Waals surface area contributed by atoms with Gasteiger partial charge in [0.2, 0.25) is 0 Å². The zero-order valence-corrected chi connectivity index (χ0v) is 44.7. The van der Waals surface area contributed by atoms with Crippen molar-refractivity contribution in [3.63, 3.8) is 0 Å². The maximum absolute atomic E-state index is 12.8. The summed E-state index contributed by atoms with van der Waals surface area (Å²) in [5.41, 5.74) is 0. The molecule has 0 aromatic heterocycles. The Balaban J connectivity index is 4.20. The van der Waals surface area contributed by atoms with Gasteiger partial charge in [-0.2, -0.15) is 0 Å². The quantitative estimate of drug-likeness (QED) is 0.0345. The first-order valence-electron chi connectivity index (χ1n) is 29.5. The van der Waals surface area contributed by atoms with Crippen LogP contribution in [-0.2, 0) is 23.8 Å². The molecule has 388 valence electrons. The van der Waals surface area contributed by atoms with Gasteiger partial charge in [0.15, 0.2) is 6.10 Å². The predicted molar refractivity (Wildman–Crippen MR) is 288 cm³/mol. The van der Waals surface area contributed by atoms with Crippen LogP contribution in [0.5, 0.6) is 0 Å². The van der Waals surface area contributed by atoms with Crippen LogP contribution in [0.4, 0.5) is 0 Å². The number of carbonyl (C=O) groups excluding carboxylic acids is 2. The molecule has 0 radical (unpaired) electrons. The third kappa shape index (κ3) is 54.7. The van der Waals surface area contributed by atoms with Crippen LogP contribution in [0.1, 0.15) is 316 Å². The van der Waals surface area contributed by atoms with Gasteiger partial charge in [-0.05, 0) is 70.6 Å². The molecule has 0 rings (SSSR count). The van der Waals surface area contributed by atoms with Crippen LogP contribution in [0.3, 0.4) is 0 Å². The lowest BCUT2D eigenvalue weighted by Crippen LogP contribution is -2.30. The summed E-state index contributed by atoms with van der Waals surface area (Å²) in [5.74, 6) is -0.401. The third-order valence-corrected chi connectivity index (χ3v) is 13.1. The Morgan fingerprint density at radius 1 is 0.333 bits per heavy atom. The molecule has 5 heteroatoms. The number of hydrogen-bond acceptors (Lipinski definition) is 5. The summed E-state index contributed by atoms with van der Waals surface area (Å²) in [4.78, 5) is 25.5. The van der Waals surface area contributed by atoms with Gasteiger partial charge in [0.1, 0.15) is 6.61 Å². The van der Waals surface area contributed by atoms with Crippen molar-refractivity contribution in [2.45, 2.75) is 322 Å². The monoisotopic (exact) mass is 927 g/mol. The molecule has 1 atom stereocenters. The average molecular weight is 928 g/mol. The summed E-state index contributed by atoms with van der Waals surface area (Å²) in [5, 5.41) is 0. The van der Waals surface area contributed by atoms with Gasteiger partial charge in [-0.3, -0.25) is 9.59 Å². The normalized spacial score (nSPS) is 12.3. The highest BCUT2D eigenvalue weighted by Gasteiger charge is 2.17. The molecule has 1 unspecified atom stereocenters. The van der Waals surface area contributed by atoms with Gasteiger partial charge in [0, 0.05) is 19.4 Å². The minimum Gasteiger partial charge on any atom is -0.462 e. The molecule has 0 bridgehead atoms. The lowest BCUT2D eigenvalue weighted by Gasteiger charge is -2.18. The Kier molecular flexibility index (Phi) is 55.8. The van der Waals surface area contributed by atoms with E-state index in [4.69, 9.17) is 14.2 Å². The highest BCUT2D eigenvalue weighted by atomic mass is 16.6. The van der Waals surface area contributed by atoms with Gasteiger partial charge in [-0.25, -0.2) is 0 Å². The van der Waals surface area contributed by atoms with Gasteiger partial charge in [-0.15, -0.1) is 0 Å². The van der Waals surface area contributed by atoms with Crippen molar-refractivity contribution in [1.29, 1.82) is 0 Å². The zero-order chi connectivity index (χ0) is 47.7. The van der Waals surface area contributed by atoms with Crippen molar-refractivity contribution in [3.05, 3.63) is 36.5 Å². The first kappa shape index (κ1) is 64.1. The number of carbonyl (C=O) groups is 2. The van der Waals surface area contributed by atoms with Gasteiger partial charge in [0.25, 0.3) is 0 Å². The molecule has 0 spiro atoms. The van der Waals surface area contributed by atoms with E-state index in [1.165, 1.54) is 231 Å². The summed E-state index contributed by atoms with van der Waals surface area (Å²) >= 11 is 0. The lowest BCUT2D eigenvalue weighted by molar-refractivity contribution is -0.163. The Labute approximate surface area is 412 Å². The number of esters is 2. The van der Waals surface area contributed by atoms with E-state index in [2.05, 4.69) is 57.2 Å². The summed E-state index contributed by atoms with van der Waals surface area (Å²) < 4.78 is 17.5. The Morgan fingerprint density at radius 3 is 1.08 bits per heavy atom. The van der Waals surface area contributed by atoms with Crippen molar-refractivity contribution in [1.82, 2.24) is 0 Å². The topological polar surface area (TPSA) is 61.8 Å². The van der Waals surface area contributed by atoms with E-state index < -0.39 is 6.10 Å². The molecule has 0 aromatic rings. The highest BCUT2D eigenvalue weighted by Crippen LogP contribution is 2.17. The van der Waals surface area contributed by atoms with E-state index >= 15 is 0 Å². The molecule has 0 heterocycles. The average Bonchev–Trinajstić information content (AvgIpc) is 3.32. The second-order valence-corrected chi connectivity index (χ2v) is 19.9. The summed E-state index contributed by atoms with van der Waals surface area (Å²) in [6, 6.07) is 0. The Hall–Kier alpha value is -1.88. The minimum absolute atomic E-state index is 0.0825. The number of ether oxygens (including phenoxy) is 3. The lowest BCUT2D eigenvalue weighted by atomic mass is 10.0. The fraction of sp³-hybridized carbons (Fsp3) is 0.869. The minimum atomic E-state index is -0.541. The fourth-order valence-electron chi connectivity index (χ4n) is 8.72. The maximum atomic E-state index is 12.8. The SMILES string of the molecule is CCC/C=C\C/C=C\CCCCCCCC(=O)OC(COCCCCCCCCCCCCCCCCCCCCCC)COC(=O)CCCCCCCCC/C=C\CCCCCCCC. The van der Waals surface area contributed by atoms with Crippen LogP contribution in [0.25, 0.3) is 0 Å². The predicted octanol–water partition coefficient (Wildman–Crippen LogP) is 20.1. The molecule has 0 amide bonds. The van der Waals surface area contributed by atoms with Gasteiger partial charge in [-0.1, -0.05) is 269 Å². The molecule has 0 saturated carbocycles. The van der Waals surface area contributed by atoms with Crippen molar-refractivity contribution >= 4 is 11.9 Å². The Bertz CT molecular complexity index is 1050. The van der Waals surface area contributed by atoms with E-state index in [1.54, 1.807) is 0 Å². The molecule has 0 aliphatic carbocycles. The van der Waals surface area contributed by atoms with Crippen LogP contribution in [-0.4, -0.2) is 37.9 Å². The van der Waals surface area contributed by atoms with Crippen LogP contribution >= 0.6 is 0 Å². The van der Waals surface area contributed by atoms with Crippen LogP contribution in [0.2, 0.25) is 0 Å². The number of hydrogen-bond donors (Lipinski definition) is 0. The van der Waals surface area contributed by atoms with E-state index in [9.17, 15) is 9.59 Å². The molecule has 0 aromatic carbocycles. The van der Waals surface area contributed by atoms with Crippen LogP contribution < -0.4 is 0 Å². The maximum Gasteiger partial charge on any atom is 0.306 e. The number of allylic oxidation sites excluding steroid dienone is 6. The largest absolute Gasteiger partial charge is 0.462 e. The second-order valence-electron chi connectivity index (χ2n) is 19.9. The number of unbranched alkanes of at least 4 members (excludes halogenated alkanes) is 38. The summed E-state index contributed by atoms with van der Waals surface area (Å²) in [6.07, 6.45) is 70.3. The highest BCUT2D eigenvalue weighted by molar-refractivity contribution is 5.70. The van der Waals surface area contributed by atoms with Crippen LogP contribution in [0.15, 0.2) is 36.5 Å². The molecule has 5 nitrogen and oxygen atoms in total. The first-order chi connectivity index (χ1) is 32.6. The molecular formula is C61H114O5. The smallest absolute Gasteiger partial charge is 0.306 e. The molecular weight excluding hydrogens is 813 g/mol. The van der Waals surface area contributed by atoms with Gasteiger partial charge in [0.05, 0.1) is 6.61 Å². The fourth-order valence-corrected chi connectivity index (χ4v) is 8.72. The molecule has 0 aliphatic rings. The summed E-state index contributed by atoms with van der Waals surface area (Å²) in [7, 11) is 0. The number of rotatable bonds is 55. The van der Waals surface area contributed by atoms with Crippen molar-refractivity contribution in [2.75, 3.05) is 19.8 Å². The Morgan fingerprint density at radius 2 is 0.667 bits per heavy atom. The molecule has 66 heavy (non-hydrogen) atoms. The van der Waals surface area contributed by atoms with E-state index in [0.717, 1.165) is 51.4 Å². The zero-order valence-electron chi connectivity index (χ0n) is 44.7. The van der Waals surface area contributed by atoms with Crippen molar-refractivity contribution in [3.8, 4) is 0 Å². The molecule has 0 N–H and O–H groups in total. The molecule has 0 aliphatic heterocycles. The second kappa shape index (κ2) is 57.4. The van der Waals surface area contributed by atoms with Crippen molar-refractivity contribution < 1.29 is 23.8 Å². The molecule has 0 fully saturated rings.